The molecule has 0 unspecified atom stereocenters. The van der Waals surface area contributed by atoms with E-state index in [-0.39, 0.29) is 6.61 Å². The molecular formula is C13H11BrO2. The maximum absolute atomic E-state index is 9.03. The molecule has 0 radical (unpaired) electrons. The largest absolute Gasteiger partial charge is 0.457 e. The fourth-order valence-corrected chi connectivity index (χ4v) is 1.83. The molecule has 3 heteroatoms. The second-order valence-electron chi connectivity index (χ2n) is 3.33. The Balaban J connectivity index is 2.20. The van der Waals surface area contributed by atoms with Gasteiger partial charge in [-0.25, -0.2) is 0 Å². The fraction of sp³-hybridized carbons (Fsp3) is 0.0769. The Kier molecular flexibility index (Phi) is 3.59. The molecule has 0 fully saturated rings. The first-order valence-corrected chi connectivity index (χ1v) is 5.71. The Morgan fingerprint density at radius 3 is 2.38 bits per heavy atom. The van der Waals surface area contributed by atoms with Gasteiger partial charge in [0.05, 0.1) is 6.61 Å². The number of aliphatic hydroxyl groups excluding tert-OH is 1. The number of halogens is 1. The number of hydrogen-bond donors (Lipinski definition) is 1. The van der Waals surface area contributed by atoms with Crippen molar-refractivity contribution < 1.29 is 9.84 Å². The van der Waals surface area contributed by atoms with Crippen molar-refractivity contribution in [2.45, 2.75) is 6.61 Å². The van der Waals surface area contributed by atoms with E-state index in [1.165, 1.54) is 0 Å². The lowest BCUT2D eigenvalue weighted by Crippen LogP contribution is -1.88. The molecule has 0 aromatic heterocycles. The van der Waals surface area contributed by atoms with Crippen LogP contribution < -0.4 is 4.74 Å². The monoisotopic (exact) mass is 278 g/mol. The third-order valence-corrected chi connectivity index (χ3v) is 2.91. The summed E-state index contributed by atoms with van der Waals surface area (Å²) in [6.45, 7) is 0.0200. The Bertz CT molecular complexity index is 469. The van der Waals surface area contributed by atoms with Crippen LogP contribution in [0.3, 0.4) is 0 Å². The van der Waals surface area contributed by atoms with Crippen molar-refractivity contribution in [1.29, 1.82) is 0 Å². The molecular weight excluding hydrogens is 268 g/mol. The molecule has 0 bridgehead atoms. The van der Waals surface area contributed by atoms with Crippen LogP contribution in [-0.4, -0.2) is 5.11 Å². The highest BCUT2D eigenvalue weighted by Crippen LogP contribution is 2.26. The van der Waals surface area contributed by atoms with Gasteiger partial charge in [-0.3, -0.25) is 0 Å². The van der Waals surface area contributed by atoms with E-state index in [1.54, 1.807) is 0 Å². The summed E-state index contributed by atoms with van der Waals surface area (Å²) in [5.74, 6) is 1.54. The van der Waals surface area contributed by atoms with Crippen LogP contribution in [0.5, 0.6) is 11.5 Å². The third kappa shape index (κ3) is 2.62. The summed E-state index contributed by atoms with van der Waals surface area (Å²) in [4.78, 5) is 0. The maximum atomic E-state index is 9.03. The minimum atomic E-state index is 0.0200. The van der Waals surface area contributed by atoms with Crippen LogP contribution in [0.25, 0.3) is 0 Å². The van der Waals surface area contributed by atoms with Crippen LogP contribution >= 0.6 is 15.9 Å². The minimum absolute atomic E-state index is 0.0200. The van der Waals surface area contributed by atoms with Gasteiger partial charge in [0.1, 0.15) is 11.5 Å². The van der Waals surface area contributed by atoms with Crippen LogP contribution in [0, 0.1) is 0 Å². The first-order valence-electron chi connectivity index (χ1n) is 4.92. The highest BCUT2D eigenvalue weighted by atomic mass is 79.9. The van der Waals surface area contributed by atoms with Crippen molar-refractivity contribution in [2.75, 3.05) is 0 Å². The average molecular weight is 279 g/mol. The molecule has 0 saturated heterocycles. The van der Waals surface area contributed by atoms with E-state index in [2.05, 4.69) is 15.9 Å². The van der Waals surface area contributed by atoms with E-state index in [0.717, 1.165) is 21.5 Å². The molecule has 0 aliphatic heterocycles. The van der Waals surface area contributed by atoms with E-state index >= 15 is 0 Å². The molecule has 0 atom stereocenters. The van der Waals surface area contributed by atoms with Gasteiger partial charge in [-0.1, -0.05) is 40.2 Å². The normalized spacial score (nSPS) is 10.1. The van der Waals surface area contributed by atoms with Gasteiger partial charge in [0.2, 0.25) is 0 Å². The van der Waals surface area contributed by atoms with Crippen LogP contribution in [0.4, 0.5) is 0 Å². The van der Waals surface area contributed by atoms with Crippen molar-refractivity contribution in [2.24, 2.45) is 0 Å². The van der Waals surface area contributed by atoms with Crippen LogP contribution in [0.1, 0.15) is 5.56 Å². The second-order valence-corrected chi connectivity index (χ2v) is 4.18. The van der Waals surface area contributed by atoms with Crippen molar-refractivity contribution in [3.63, 3.8) is 0 Å². The summed E-state index contributed by atoms with van der Waals surface area (Å²) in [7, 11) is 0. The molecule has 0 spiro atoms. The lowest BCUT2D eigenvalue weighted by atomic mass is 10.2. The van der Waals surface area contributed by atoms with Crippen LogP contribution in [0.15, 0.2) is 53.0 Å². The first-order chi connectivity index (χ1) is 7.79. The zero-order chi connectivity index (χ0) is 11.4. The standard InChI is InChI=1S/C13H11BrO2/c14-13-8-12(7-6-10(13)9-15)16-11-4-2-1-3-5-11/h1-8,15H,9H2. The zero-order valence-electron chi connectivity index (χ0n) is 8.56. The fourth-order valence-electron chi connectivity index (χ4n) is 1.34. The van der Waals surface area contributed by atoms with Gasteiger partial charge in [0.25, 0.3) is 0 Å². The van der Waals surface area contributed by atoms with Crippen LogP contribution in [0.2, 0.25) is 0 Å². The predicted octanol–water partition coefficient (Wildman–Crippen LogP) is 3.73. The summed E-state index contributed by atoms with van der Waals surface area (Å²) < 4.78 is 6.50. The van der Waals surface area contributed by atoms with Crippen molar-refractivity contribution in [1.82, 2.24) is 0 Å². The van der Waals surface area contributed by atoms with E-state index in [0.29, 0.717) is 0 Å². The number of aliphatic hydroxyl groups is 1. The van der Waals surface area contributed by atoms with Crippen molar-refractivity contribution >= 4 is 15.9 Å². The molecule has 2 aromatic carbocycles. The zero-order valence-corrected chi connectivity index (χ0v) is 10.1. The van der Waals surface area contributed by atoms with Gasteiger partial charge in [-0.2, -0.15) is 0 Å². The topological polar surface area (TPSA) is 29.5 Å². The number of para-hydroxylation sites is 1. The summed E-state index contributed by atoms with van der Waals surface area (Å²) in [5, 5.41) is 9.03. The minimum Gasteiger partial charge on any atom is -0.457 e. The molecule has 2 nitrogen and oxygen atoms in total. The Labute approximate surface area is 103 Å². The van der Waals surface area contributed by atoms with E-state index in [1.807, 2.05) is 48.5 Å². The molecule has 0 amide bonds. The molecule has 82 valence electrons. The number of ether oxygens (including phenoxy) is 1. The average Bonchev–Trinajstić information content (AvgIpc) is 2.31. The summed E-state index contributed by atoms with van der Waals surface area (Å²) in [6.07, 6.45) is 0. The van der Waals surface area contributed by atoms with Crippen molar-refractivity contribution in [3.8, 4) is 11.5 Å². The number of rotatable bonds is 3. The summed E-state index contributed by atoms with van der Waals surface area (Å²) in [5.41, 5.74) is 0.848. The SMILES string of the molecule is OCc1ccc(Oc2ccccc2)cc1Br. The quantitative estimate of drug-likeness (QED) is 0.927. The molecule has 2 rings (SSSR count). The number of benzene rings is 2. The Morgan fingerprint density at radius 2 is 1.75 bits per heavy atom. The Hall–Kier alpha value is -1.32. The smallest absolute Gasteiger partial charge is 0.128 e. The van der Waals surface area contributed by atoms with Gasteiger partial charge in [0.15, 0.2) is 0 Å². The van der Waals surface area contributed by atoms with Gasteiger partial charge in [-0.05, 0) is 29.8 Å². The molecule has 0 saturated carbocycles. The van der Waals surface area contributed by atoms with Gasteiger partial charge < -0.3 is 9.84 Å². The molecule has 16 heavy (non-hydrogen) atoms. The summed E-state index contributed by atoms with van der Waals surface area (Å²) >= 11 is 3.38. The summed E-state index contributed by atoms with van der Waals surface area (Å²) in [6, 6.07) is 15.1. The molecule has 0 aliphatic carbocycles. The third-order valence-electron chi connectivity index (χ3n) is 2.17. The van der Waals surface area contributed by atoms with Crippen molar-refractivity contribution in [3.05, 3.63) is 58.6 Å². The highest BCUT2D eigenvalue weighted by molar-refractivity contribution is 9.10. The first kappa shape index (κ1) is 11.2. The van der Waals surface area contributed by atoms with E-state index in [9.17, 15) is 0 Å². The molecule has 0 heterocycles. The van der Waals surface area contributed by atoms with Gasteiger partial charge >= 0.3 is 0 Å². The predicted molar refractivity (Wildman–Crippen MR) is 66.6 cm³/mol. The van der Waals surface area contributed by atoms with Gasteiger partial charge in [0, 0.05) is 4.47 Å². The molecule has 1 N–H and O–H groups in total. The second kappa shape index (κ2) is 5.14. The van der Waals surface area contributed by atoms with Gasteiger partial charge in [-0.15, -0.1) is 0 Å². The van der Waals surface area contributed by atoms with E-state index in [4.69, 9.17) is 9.84 Å². The maximum Gasteiger partial charge on any atom is 0.128 e. The molecule has 0 aliphatic rings. The van der Waals surface area contributed by atoms with E-state index < -0.39 is 0 Å². The lowest BCUT2D eigenvalue weighted by Gasteiger charge is -2.07. The Morgan fingerprint density at radius 1 is 1.00 bits per heavy atom. The van der Waals surface area contributed by atoms with Crippen LogP contribution in [-0.2, 0) is 6.61 Å². The lowest BCUT2D eigenvalue weighted by molar-refractivity contribution is 0.281. The molecule has 2 aromatic rings. The highest BCUT2D eigenvalue weighted by Gasteiger charge is 2.01. The number of hydrogen-bond acceptors (Lipinski definition) is 2.